The third-order valence-corrected chi connectivity index (χ3v) is 9.76. The average Bonchev–Trinajstić information content (AvgIpc) is 3.02. The fourth-order valence-corrected chi connectivity index (χ4v) is 6.63. The molecule has 0 unspecified atom stereocenters. The van der Waals surface area contributed by atoms with Gasteiger partial charge in [0.1, 0.15) is 12.6 Å². The first kappa shape index (κ1) is 34.3. The number of rotatable bonds is 13. The number of carbonyl (C=O) groups is 2. The van der Waals surface area contributed by atoms with Crippen LogP contribution in [0.25, 0.3) is 0 Å². The highest BCUT2D eigenvalue weighted by Crippen LogP contribution is 2.31. The average molecular weight is 687 g/mol. The number of hydrogen-bond donors (Lipinski definition) is 1. The van der Waals surface area contributed by atoms with Crippen LogP contribution in [0, 0.1) is 5.92 Å². The predicted molar refractivity (Wildman–Crippen MR) is 181 cm³/mol. The minimum atomic E-state index is -4.26. The number of amides is 2. The van der Waals surface area contributed by atoms with Crippen LogP contribution in [0.4, 0.5) is 5.69 Å². The summed E-state index contributed by atoms with van der Waals surface area (Å²) >= 11 is 18.7. The molecule has 4 rings (SSSR count). The lowest BCUT2D eigenvalue weighted by atomic mass is 10.0. The molecule has 0 aromatic heterocycles. The van der Waals surface area contributed by atoms with Crippen LogP contribution in [0.1, 0.15) is 25.0 Å². The molecule has 0 fully saturated rings. The van der Waals surface area contributed by atoms with Crippen LogP contribution in [-0.2, 0) is 32.6 Å². The van der Waals surface area contributed by atoms with Gasteiger partial charge in [0.2, 0.25) is 11.8 Å². The van der Waals surface area contributed by atoms with Crippen molar-refractivity contribution in [2.75, 3.05) is 17.4 Å². The van der Waals surface area contributed by atoms with Crippen LogP contribution < -0.4 is 9.62 Å². The second kappa shape index (κ2) is 15.6. The largest absolute Gasteiger partial charge is 0.354 e. The molecule has 4 aromatic rings. The smallest absolute Gasteiger partial charge is 0.264 e. The quantitative estimate of drug-likeness (QED) is 0.161. The van der Waals surface area contributed by atoms with Gasteiger partial charge in [-0.2, -0.15) is 0 Å². The number of nitrogens with one attached hydrogen (secondary N) is 1. The summed E-state index contributed by atoms with van der Waals surface area (Å²) in [6, 6.07) is 27.5. The maximum absolute atomic E-state index is 14.5. The molecule has 7 nitrogen and oxygen atoms in total. The Morgan fingerprint density at radius 3 is 2.04 bits per heavy atom. The van der Waals surface area contributed by atoms with Crippen molar-refractivity contribution >= 4 is 62.3 Å². The van der Waals surface area contributed by atoms with Gasteiger partial charge in [0.25, 0.3) is 10.0 Å². The third-order valence-electron chi connectivity index (χ3n) is 7.00. The Morgan fingerprint density at radius 1 is 0.778 bits per heavy atom. The van der Waals surface area contributed by atoms with Crippen molar-refractivity contribution in [1.29, 1.82) is 0 Å². The van der Waals surface area contributed by atoms with Crippen molar-refractivity contribution in [3.63, 3.8) is 0 Å². The minimum absolute atomic E-state index is 0.00654. The number of carbonyl (C=O) groups excluding carboxylic acids is 2. The zero-order valence-electron chi connectivity index (χ0n) is 24.9. The molecule has 0 heterocycles. The summed E-state index contributed by atoms with van der Waals surface area (Å²) in [5.41, 5.74) is 1.66. The summed E-state index contributed by atoms with van der Waals surface area (Å²) in [5.74, 6) is -0.777. The van der Waals surface area contributed by atoms with Gasteiger partial charge in [-0.3, -0.25) is 13.9 Å². The van der Waals surface area contributed by atoms with Crippen molar-refractivity contribution in [3.8, 4) is 0 Å². The Hall–Kier alpha value is -3.56. The lowest BCUT2D eigenvalue weighted by molar-refractivity contribution is -0.140. The number of halogens is 3. The van der Waals surface area contributed by atoms with Gasteiger partial charge in [0.15, 0.2) is 0 Å². The summed E-state index contributed by atoms with van der Waals surface area (Å²) in [7, 11) is -4.26. The van der Waals surface area contributed by atoms with Crippen LogP contribution in [0.2, 0.25) is 15.1 Å². The summed E-state index contributed by atoms with van der Waals surface area (Å²) in [6.45, 7) is 3.75. The molecule has 2 amide bonds. The summed E-state index contributed by atoms with van der Waals surface area (Å²) in [4.78, 5) is 29.7. The third kappa shape index (κ3) is 9.23. The molecule has 1 atom stereocenters. The zero-order chi connectivity index (χ0) is 32.6. The van der Waals surface area contributed by atoms with Crippen LogP contribution in [-0.4, -0.2) is 44.3 Å². The van der Waals surface area contributed by atoms with E-state index in [4.69, 9.17) is 34.8 Å². The van der Waals surface area contributed by atoms with E-state index in [1.165, 1.54) is 35.2 Å². The first-order valence-corrected chi connectivity index (χ1v) is 16.9. The Kier molecular flexibility index (Phi) is 11.9. The highest BCUT2D eigenvalue weighted by atomic mass is 35.5. The highest BCUT2D eigenvalue weighted by molar-refractivity contribution is 7.92. The highest BCUT2D eigenvalue weighted by Gasteiger charge is 2.34. The molecule has 0 aliphatic heterocycles. The van der Waals surface area contributed by atoms with Crippen molar-refractivity contribution < 1.29 is 18.0 Å². The molecular formula is C34H34Cl3N3O4S. The van der Waals surface area contributed by atoms with Crippen LogP contribution in [0.15, 0.2) is 108 Å². The summed E-state index contributed by atoms with van der Waals surface area (Å²) < 4.78 is 29.1. The van der Waals surface area contributed by atoms with Gasteiger partial charge >= 0.3 is 0 Å². The van der Waals surface area contributed by atoms with Gasteiger partial charge in [-0.1, -0.05) is 109 Å². The van der Waals surface area contributed by atoms with Gasteiger partial charge in [-0.05, 0) is 59.5 Å². The zero-order valence-corrected chi connectivity index (χ0v) is 28.0. The molecule has 1 N–H and O–H groups in total. The lowest BCUT2D eigenvalue weighted by Gasteiger charge is -2.34. The van der Waals surface area contributed by atoms with Crippen LogP contribution in [0.3, 0.4) is 0 Å². The van der Waals surface area contributed by atoms with Gasteiger partial charge < -0.3 is 10.2 Å². The number of sulfonamides is 1. The Balaban J connectivity index is 1.81. The van der Waals surface area contributed by atoms with E-state index in [1.54, 1.807) is 42.5 Å². The van der Waals surface area contributed by atoms with Crippen molar-refractivity contribution in [2.24, 2.45) is 5.92 Å². The number of benzene rings is 4. The Labute approximate surface area is 279 Å². The molecule has 0 aliphatic rings. The SMILES string of the molecule is CC(C)CNC(=O)[C@H](Cc1ccccc1)N(Cc1cccc(Cl)c1)C(=O)CN(c1ccc(Cl)c(Cl)c1)S(=O)(=O)c1ccccc1. The van der Waals surface area contributed by atoms with Crippen molar-refractivity contribution in [2.45, 2.75) is 37.8 Å². The van der Waals surface area contributed by atoms with Gasteiger partial charge in [-0.25, -0.2) is 8.42 Å². The van der Waals surface area contributed by atoms with Crippen molar-refractivity contribution in [3.05, 3.63) is 129 Å². The molecule has 0 saturated carbocycles. The molecule has 236 valence electrons. The van der Waals surface area contributed by atoms with E-state index in [0.717, 1.165) is 9.87 Å². The number of anilines is 1. The molecule has 0 bridgehead atoms. The molecule has 0 aliphatic carbocycles. The van der Waals surface area contributed by atoms with E-state index in [2.05, 4.69) is 5.32 Å². The standard InChI is InChI=1S/C34H34Cl3N3O4S/c1-24(2)21-38-34(42)32(19-25-10-5-3-6-11-25)39(22-26-12-9-13-27(35)18-26)33(41)23-40(28-16-17-30(36)31(37)20-28)45(43,44)29-14-7-4-8-15-29/h3-18,20,24,32H,19,21-23H2,1-2H3,(H,38,42)/t32-/m0/s1. The molecule has 0 saturated heterocycles. The maximum atomic E-state index is 14.5. The molecule has 0 radical (unpaired) electrons. The van der Waals surface area contributed by atoms with E-state index in [0.29, 0.717) is 17.1 Å². The van der Waals surface area contributed by atoms with Crippen molar-refractivity contribution in [1.82, 2.24) is 10.2 Å². The summed E-state index contributed by atoms with van der Waals surface area (Å²) in [5, 5.41) is 3.79. The summed E-state index contributed by atoms with van der Waals surface area (Å²) in [6.07, 6.45) is 0.204. The molecule has 45 heavy (non-hydrogen) atoms. The van der Waals surface area contributed by atoms with Gasteiger partial charge in [0.05, 0.1) is 20.6 Å². The Morgan fingerprint density at radius 2 is 1.42 bits per heavy atom. The van der Waals surface area contributed by atoms with Gasteiger partial charge in [-0.15, -0.1) is 0 Å². The van der Waals surface area contributed by atoms with E-state index in [-0.39, 0.29) is 45.4 Å². The topological polar surface area (TPSA) is 86.8 Å². The molecule has 0 spiro atoms. The van der Waals surface area contributed by atoms with Gasteiger partial charge in [0, 0.05) is 24.5 Å². The van der Waals surface area contributed by atoms with Crippen LogP contribution in [0.5, 0.6) is 0 Å². The molecule has 11 heteroatoms. The first-order valence-electron chi connectivity index (χ1n) is 14.3. The van der Waals surface area contributed by atoms with E-state index < -0.39 is 28.5 Å². The number of nitrogens with zero attached hydrogens (tertiary/aromatic N) is 2. The van der Waals surface area contributed by atoms with E-state index in [9.17, 15) is 18.0 Å². The molecular weight excluding hydrogens is 653 g/mol. The minimum Gasteiger partial charge on any atom is -0.354 e. The number of hydrogen-bond acceptors (Lipinski definition) is 4. The second-order valence-corrected chi connectivity index (χ2v) is 14.0. The predicted octanol–water partition coefficient (Wildman–Crippen LogP) is 7.25. The fraction of sp³-hybridized carbons (Fsp3) is 0.235. The second-order valence-electron chi connectivity index (χ2n) is 10.9. The van der Waals surface area contributed by atoms with E-state index in [1.807, 2.05) is 44.2 Å². The van der Waals surface area contributed by atoms with Crippen LogP contribution >= 0.6 is 34.8 Å². The normalized spacial score (nSPS) is 12.0. The molecule has 4 aromatic carbocycles. The Bertz CT molecular complexity index is 1720. The lowest BCUT2D eigenvalue weighted by Crippen LogP contribution is -2.53. The fourth-order valence-electron chi connectivity index (χ4n) is 4.70. The van der Waals surface area contributed by atoms with E-state index >= 15 is 0 Å². The maximum Gasteiger partial charge on any atom is 0.264 e. The monoisotopic (exact) mass is 685 g/mol. The first-order chi connectivity index (χ1) is 21.5.